The van der Waals surface area contributed by atoms with Crippen molar-refractivity contribution in [3.8, 4) is 5.75 Å². The van der Waals surface area contributed by atoms with E-state index in [1.165, 1.54) is 6.33 Å². The average Bonchev–Trinajstić information content (AvgIpc) is 2.66. The van der Waals surface area contributed by atoms with Gasteiger partial charge < -0.3 is 10.4 Å². The lowest BCUT2D eigenvalue weighted by Crippen LogP contribution is -2.07. The molecule has 2 N–H and O–H groups in total. The lowest BCUT2D eigenvalue weighted by Gasteiger charge is -2.06. The van der Waals surface area contributed by atoms with Crippen LogP contribution in [0, 0.1) is 6.92 Å². The highest BCUT2D eigenvalue weighted by Crippen LogP contribution is 2.15. The first-order valence-electron chi connectivity index (χ1n) is 4.90. The molecule has 0 aliphatic heterocycles. The van der Waals surface area contributed by atoms with Crippen LogP contribution in [0.5, 0.6) is 5.75 Å². The van der Waals surface area contributed by atoms with E-state index in [4.69, 9.17) is 0 Å². The highest BCUT2D eigenvalue weighted by molar-refractivity contribution is 5.32. The zero-order valence-electron chi connectivity index (χ0n) is 9.18. The highest BCUT2D eigenvalue weighted by atomic mass is 16.3. The van der Waals surface area contributed by atoms with Crippen LogP contribution in [-0.4, -0.2) is 24.9 Å². The zero-order valence-corrected chi connectivity index (χ0v) is 9.18. The maximum Gasteiger partial charge on any atom is 0.221 e. The van der Waals surface area contributed by atoms with Crippen LogP contribution in [0.25, 0.3) is 0 Å². The molecule has 6 heteroatoms. The Hall–Kier alpha value is -2.11. The third-order valence-corrected chi connectivity index (χ3v) is 2.21. The molecule has 2 rings (SSSR count). The molecule has 0 unspecified atom stereocenters. The minimum atomic E-state index is 0.181. The fraction of sp³-hybridized carbons (Fsp3) is 0.300. The third-order valence-electron chi connectivity index (χ3n) is 2.21. The first-order chi connectivity index (χ1) is 7.66. The van der Waals surface area contributed by atoms with Gasteiger partial charge in [0.05, 0.1) is 6.54 Å². The summed E-state index contributed by atoms with van der Waals surface area (Å²) in [5.74, 6) is 0.822. The molecule has 0 amide bonds. The Bertz CT molecular complexity index is 494. The minimum Gasteiger partial charge on any atom is -0.506 e. The van der Waals surface area contributed by atoms with Crippen LogP contribution in [0.4, 0.5) is 5.95 Å². The van der Waals surface area contributed by atoms with Crippen LogP contribution in [0.1, 0.15) is 11.4 Å². The zero-order chi connectivity index (χ0) is 11.5. The molecule has 0 fully saturated rings. The summed E-state index contributed by atoms with van der Waals surface area (Å²) in [6, 6.07) is 3.40. The molecule has 16 heavy (non-hydrogen) atoms. The highest BCUT2D eigenvalue weighted by Gasteiger charge is 2.05. The summed E-state index contributed by atoms with van der Waals surface area (Å²) in [5.41, 5.74) is 1.47. The first kappa shape index (κ1) is 10.4. The Kier molecular flexibility index (Phi) is 2.72. The molecule has 0 aromatic carbocycles. The fourth-order valence-corrected chi connectivity index (χ4v) is 1.35. The standard InChI is InChI=1S/C10H13N5O/c1-7-3-4-9(16)8(14-7)5-11-10-12-6-13-15(10)2/h3-4,6,16H,5H2,1-2H3,(H,11,12,13). The molecule has 0 spiro atoms. The van der Waals surface area contributed by atoms with Crippen LogP contribution in [-0.2, 0) is 13.6 Å². The normalized spacial score (nSPS) is 10.4. The van der Waals surface area contributed by atoms with Gasteiger partial charge in [0, 0.05) is 12.7 Å². The minimum absolute atomic E-state index is 0.181. The van der Waals surface area contributed by atoms with E-state index < -0.39 is 0 Å². The van der Waals surface area contributed by atoms with E-state index in [1.54, 1.807) is 23.9 Å². The SMILES string of the molecule is Cc1ccc(O)c(CNc2ncnn2C)n1. The molecule has 0 radical (unpaired) electrons. The largest absolute Gasteiger partial charge is 0.506 e. The van der Waals surface area contributed by atoms with Crippen LogP contribution >= 0.6 is 0 Å². The number of aryl methyl sites for hydroxylation is 2. The van der Waals surface area contributed by atoms with Gasteiger partial charge in [-0.1, -0.05) is 0 Å². The average molecular weight is 219 g/mol. The second-order valence-corrected chi connectivity index (χ2v) is 3.48. The Labute approximate surface area is 93.0 Å². The van der Waals surface area contributed by atoms with Crippen molar-refractivity contribution >= 4 is 5.95 Å². The van der Waals surface area contributed by atoms with Gasteiger partial charge in [0.25, 0.3) is 0 Å². The van der Waals surface area contributed by atoms with Crippen molar-refractivity contribution < 1.29 is 5.11 Å². The van der Waals surface area contributed by atoms with E-state index >= 15 is 0 Å². The topological polar surface area (TPSA) is 75.9 Å². The van der Waals surface area contributed by atoms with Gasteiger partial charge in [-0.3, -0.25) is 4.98 Å². The number of nitrogens with zero attached hydrogens (tertiary/aromatic N) is 4. The maximum absolute atomic E-state index is 9.59. The molecule has 84 valence electrons. The van der Waals surface area contributed by atoms with Gasteiger partial charge in [-0.25, -0.2) is 4.68 Å². The summed E-state index contributed by atoms with van der Waals surface area (Å²) >= 11 is 0. The summed E-state index contributed by atoms with van der Waals surface area (Å²) in [4.78, 5) is 8.25. The Balaban J connectivity index is 2.10. The van der Waals surface area contributed by atoms with Gasteiger partial charge in [-0.15, -0.1) is 0 Å². The van der Waals surface area contributed by atoms with Crippen LogP contribution in [0.15, 0.2) is 18.5 Å². The monoisotopic (exact) mass is 219 g/mol. The van der Waals surface area contributed by atoms with E-state index in [9.17, 15) is 5.11 Å². The molecule has 2 aromatic heterocycles. The number of hydrogen-bond acceptors (Lipinski definition) is 5. The molecular weight excluding hydrogens is 206 g/mol. The molecule has 0 atom stereocenters. The van der Waals surface area contributed by atoms with Gasteiger partial charge in [-0.05, 0) is 19.1 Å². The van der Waals surface area contributed by atoms with E-state index in [-0.39, 0.29) is 5.75 Å². The quantitative estimate of drug-likeness (QED) is 0.799. The summed E-state index contributed by atoms with van der Waals surface area (Å²) in [6.45, 7) is 2.30. The predicted octanol–water partition coefficient (Wildman–Crippen LogP) is 0.836. The number of rotatable bonds is 3. The first-order valence-corrected chi connectivity index (χ1v) is 4.90. The lowest BCUT2D eigenvalue weighted by molar-refractivity contribution is 0.464. The van der Waals surface area contributed by atoms with Gasteiger partial charge >= 0.3 is 0 Å². The Morgan fingerprint density at radius 1 is 1.44 bits per heavy atom. The second kappa shape index (κ2) is 4.18. The molecule has 0 saturated carbocycles. The molecule has 0 saturated heterocycles. The van der Waals surface area contributed by atoms with E-state index in [0.717, 1.165) is 5.69 Å². The van der Waals surface area contributed by atoms with E-state index in [1.807, 2.05) is 6.92 Å². The van der Waals surface area contributed by atoms with Crippen molar-refractivity contribution in [3.05, 3.63) is 29.8 Å². The fourth-order valence-electron chi connectivity index (χ4n) is 1.35. The molecule has 2 aromatic rings. The molecule has 2 heterocycles. The second-order valence-electron chi connectivity index (χ2n) is 3.48. The van der Waals surface area contributed by atoms with Crippen LogP contribution < -0.4 is 5.32 Å². The van der Waals surface area contributed by atoms with Crippen molar-refractivity contribution in [2.75, 3.05) is 5.32 Å². The van der Waals surface area contributed by atoms with Crippen molar-refractivity contribution in [1.82, 2.24) is 19.7 Å². The predicted molar refractivity (Wildman–Crippen MR) is 59.0 cm³/mol. The van der Waals surface area contributed by atoms with Gasteiger partial charge in [0.15, 0.2) is 0 Å². The van der Waals surface area contributed by atoms with Crippen molar-refractivity contribution in [2.45, 2.75) is 13.5 Å². The van der Waals surface area contributed by atoms with E-state index in [2.05, 4.69) is 20.4 Å². The summed E-state index contributed by atoms with van der Waals surface area (Å²) in [6.07, 6.45) is 1.46. The third kappa shape index (κ3) is 2.10. The number of aromatic hydroxyl groups is 1. The number of hydrogen-bond donors (Lipinski definition) is 2. The van der Waals surface area contributed by atoms with Gasteiger partial charge in [0.2, 0.25) is 5.95 Å². The van der Waals surface area contributed by atoms with Gasteiger partial charge in [0.1, 0.15) is 17.8 Å². The number of pyridine rings is 1. The molecule has 0 aliphatic rings. The molecule has 0 bridgehead atoms. The number of anilines is 1. The van der Waals surface area contributed by atoms with Crippen molar-refractivity contribution in [2.24, 2.45) is 7.05 Å². The smallest absolute Gasteiger partial charge is 0.221 e. The molecular formula is C10H13N5O. The summed E-state index contributed by atoms with van der Waals surface area (Å²) in [7, 11) is 1.79. The Morgan fingerprint density at radius 3 is 2.94 bits per heavy atom. The summed E-state index contributed by atoms with van der Waals surface area (Å²) < 4.78 is 1.62. The Morgan fingerprint density at radius 2 is 2.25 bits per heavy atom. The van der Waals surface area contributed by atoms with E-state index in [0.29, 0.717) is 18.2 Å². The maximum atomic E-state index is 9.59. The van der Waals surface area contributed by atoms with Crippen LogP contribution in [0.2, 0.25) is 0 Å². The number of aromatic nitrogens is 4. The molecule has 0 aliphatic carbocycles. The van der Waals surface area contributed by atoms with Gasteiger partial charge in [-0.2, -0.15) is 10.1 Å². The van der Waals surface area contributed by atoms with Crippen molar-refractivity contribution in [3.63, 3.8) is 0 Å². The number of nitrogens with one attached hydrogen (secondary N) is 1. The van der Waals surface area contributed by atoms with Crippen LogP contribution in [0.3, 0.4) is 0 Å². The van der Waals surface area contributed by atoms with Crippen molar-refractivity contribution in [1.29, 1.82) is 0 Å². The lowest BCUT2D eigenvalue weighted by atomic mass is 10.3. The summed E-state index contributed by atoms with van der Waals surface area (Å²) in [5, 5.41) is 16.6. The molecule has 6 nitrogen and oxygen atoms in total.